The van der Waals surface area contributed by atoms with Crippen LogP contribution < -0.4 is 5.56 Å². The van der Waals surface area contributed by atoms with E-state index in [1.807, 2.05) is 55.5 Å². The lowest BCUT2D eigenvalue weighted by Gasteiger charge is -2.23. The molecule has 0 saturated heterocycles. The van der Waals surface area contributed by atoms with Gasteiger partial charge in [0, 0.05) is 25.7 Å². The lowest BCUT2D eigenvalue weighted by molar-refractivity contribution is 0.0736. The van der Waals surface area contributed by atoms with Crippen molar-refractivity contribution >= 4 is 5.91 Å². The fraction of sp³-hybridized carbons (Fsp3) is 0.261. The van der Waals surface area contributed by atoms with Gasteiger partial charge < -0.3 is 4.90 Å². The highest BCUT2D eigenvalue weighted by Gasteiger charge is 2.18. The van der Waals surface area contributed by atoms with E-state index < -0.39 is 0 Å². The lowest BCUT2D eigenvalue weighted by Crippen LogP contribution is -2.35. The minimum Gasteiger partial charge on any atom is -0.333 e. The number of rotatable bonds is 8. The van der Waals surface area contributed by atoms with Crippen LogP contribution in [0.2, 0.25) is 0 Å². The molecule has 5 nitrogen and oxygen atoms in total. The summed E-state index contributed by atoms with van der Waals surface area (Å²) in [6, 6.07) is 23.0. The first kappa shape index (κ1) is 19.5. The largest absolute Gasteiger partial charge is 0.333 e. The van der Waals surface area contributed by atoms with Crippen molar-refractivity contribution in [1.82, 2.24) is 14.7 Å². The van der Waals surface area contributed by atoms with Gasteiger partial charge in [0.1, 0.15) is 5.69 Å². The number of benzene rings is 2. The molecule has 1 amide bonds. The Labute approximate surface area is 165 Å². The Morgan fingerprint density at radius 3 is 2.21 bits per heavy atom. The molecule has 0 bridgehead atoms. The normalized spacial score (nSPS) is 10.6. The van der Waals surface area contributed by atoms with Crippen LogP contribution in [0.3, 0.4) is 0 Å². The van der Waals surface area contributed by atoms with Gasteiger partial charge in [-0.3, -0.25) is 9.59 Å². The predicted molar refractivity (Wildman–Crippen MR) is 110 cm³/mol. The van der Waals surface area contributed by atoms with Crippen LogP contribution in [-0.4, -0.2) is 27.1 Å². The van der Waals surface area contributed by atoms with Crippen molar-refractivity contribution in [3.05, 3.63) is 100.0 Å². The summed E-state index contributed by atoms with van der Waals surface area (Å²) in [7, 11) is 0. The van der Waals surface area contributed by atoms with Gasteiger partial charge in [-0.2, -0.15) is 5.10 Å². The number of carbonyl (C=O) groups is 1. The minimum atomic E-state index is -0.183. The third-order valence-corrected chi connectivity index (χ3v) is 4.54. The lowest BCUT2D eigenvalue weighted by atomic mass is 10.1. The standard InChI is InChI=1S/C23H25N3O2/c1-2-16-26-22(27)14-13-21(24-26)23(28)25(18-20-11-7-4-8-12-20)17-15-19-9-5-3-6-10-19/h3-14H,2,15-18H2,1H3. The van der Waals surface area contributed by atoms with Gasteiger partial charge >= 0.3 is 0 Å². The molecule has 3 rings (SSSR count). The maximum absolute atomic E-state index is 13.2. The number of aromatic nitrogens is 2. The van der Waals surface area contributed by atoms with Crippen LogP contribution in [0.15, 0.2) is 77.6 Å². The summed E-state index contributed by atoms with van der Waals surface area (Å²) in [5, 5.41) is 4.29. The zero-order valence-corrected chi connectivity index (χ0v) is 16.1. The Hall–Kier alpha value is -3.21. The minimum absolute atomic E-state index is 0.162. The quantitative estimate of drug-likeness (QED) is 0.605. The summed E-state index contributed by atoms with van der Waals surface area (Å²) in [4.78, 5) is 26.9. The second-order valence-electron chi connectivity index (χ2n) is 6.73. The Kier molecular flexibility index (Phi) is 6.73. The molecule has 1 heterocycles. The Bertz CT molecular complexity index is 952. The first-order valence-corrected chi connectivity index (χ1v) is 9.62. The van der Waals surface area contributed by atoms with E-state index in [4.69, 9.17) is 0 Å². The highest BCUT2D eigenvalue weighted by atomic mass is 16.2. The summed E-state index contributed by atoms with van der Waals surface area (Å²) in [6.45, 7) is 3.56. The van der Waals surface area contributed by atoms with Gasteiger partial charge in [0.2, 0.25) is 0 Å². The molecule has 3 aromatic rings. The molecular formula is C23H25N3O2. The van der Waals surface area contributed by atoms with Crippen molar-refractivity contribution in [2.75, 3.05) is 6.54 Å². The second kappa shape index (κ2) is 9.65. The summed E-state index contributed by atoms with van der Waals surface area (Å²) in [5.74, 6) is -0.162. The Morgan fingerprint density at radius 2 is 1.57 bits per heavy atom. The molecule has 144 valence electrons. The first-order valence-electron chi connectivity index (χ1n) is 9.62. The molecule has 0 saturated carbocycles. The van der Waals surface area contributed by atoms with Gasteiger partial charge in [-0.1, -0.05) is 67.6 Å². The number of aryl methyl sites for hydroxylation is 1. The number of amides is 1. The van der Waals surface area contributed by atoms with E-state index in [1.165, 1.54) is 22.4 Å². The van der Waals surface area contributed by atoms with E-state index in [0.29, 0.717) is 25.3 Å². The molecule has 1 aromatic heterocycles. The fourth-order valence-electron chi connectivity index (χ4n) is 3.06. The number of carbonyl (C=O) groups excluding carboxylic acids is 1. The predicted octanol–water partition coefficient (Wildman–Crippen LogP) is 3.54. The first-order chi connectivity index (χ1) is 13.7. The Morgan fingerprint density at radius 1 is 0.929 bits per heavy atom. The number of nitrogens with zero attached hydrogens (tertiary/aromatic N) is 3. The molecule has 0 aliphatic rings. The van der Waals surface area contributed by atoms with Gasteiger partial charge in [-0.15, -0.1) is 0 Å². The van der Waals surface area contributed by atoms with Crippen LogP contribution >= 0.6 is 0 Å². The van der Waals surface area contributed by atoms with Crippen molar-refractivity contribution in [1.29, 1.82) is 0 Å². The average molecular weight is 375 g/mol. The maximum atomic E-state index is 13.2. The van der Waals surface area contributed by atoms with Crippen molar-refractivity contribution in [3.8, 4) is 0 Å². The molecule has 28 heavy (non-hydrogen) atoms. The van der Waals surface area contributed by atoms with E-state index in [-0.39, 0.29) is 11.5 Å². The van der Waals surface area contributed by atoms with E-state index in [2.05, 4.69) is 17.2 Å². The van der Waals surface area contributed by atoms with Gasteiger partial charge in [-0.05, 0) is 30.0 Å². The van der Waals surface area contributed by atoms with Gasteiger partial charge in [0.05, 0.1) is 0 Å². The van der Waals surface area contributed by atoms with Crippen LogP contribution in [0.4, 0.5) is 0 Å². The van der Waals surface area contributed by atoms with Crippen LogP contribution in [0.25, 0.3) is 0 Å². The van der Waals surface area contributed by atoms with Gasteiger partial charge in [0.15, 0.2) is 0 Å². The topological polar surface area (TPSA) is 55.2 Å². The smallest absolute Gasteiger partial charge is 0.274 e. The molecule has 0 aliphatic heterocycles. The molecule has 0 N–H and O–H groups in total. The van der Waals surface area contributed by atoms with Crippen LogP contribution in [0, 0.1) is 0 Å². The van der Waals surface area contributed by atoms with Gasteiger partial charge in [-0.25, -0.2) is 4.68 Å². The summed E-state index contributed by atoms with van der Waals surface area (Å²) in [5.41, 5.74) is 2.36. The summed E-state index contributed by atoms with van der Waals surface area (Å²) in [6.07, 6.45) is 1.54. The SMILES string of the molecule is CCCn1nc(C(=O)N(CCc2ccccc2)Cc2ccccc2)ccc1=O. The average Bonchev–Trinajstić information content (AvgIpc) is 2.74. The third kappa shape index (κ3) is 5.16. The monoisotopic (exact) mass is 375 g/mol. The van der Waals surface area contributed by atoms with Crippen LogP contribution in [0.1, 0.15) is 35.0 Å². The fourth-order valence-corrected chi connectivity index (χ4v) is 3.06. The van der Waals surface area contributed by atoms with Gasteiger partial charge in [0.25, 0.3) is 11.5 Å². The number of hydrogen-bond acceptors (Lipinski definition) is 3. The Balaban J connectivity index is 1.83. The maximum Gasteiger partial charge on any atom is 0.274 e. The molecular weight excluding hydrogens is 350 g/mol. The molecule has 0 aliphatic carbocycles. The summed E-state index contributed by atoms with van der Waals surface area (Å²) < 4.78 is 1.37. The van der Waals surface area contributed by atoms with Crippen molar-refractivity contribution in [3.63, 3.8) is 0 Å². The molecule has 0 radical (unpaired) electrons. The molecule has 5 heteroatoms. The molecule has 2 aromatic carbocycles. The number of hydrogen-bond donors (Lipinski definition) is 0. The van der Waals surface area contributed by atoms with E-state index >= 15 is 0 Å². The molecule has 0 atom stereocenters. The second-order valence-corrected chi connectivity index (χ2v) is 6.73. The molecule has 0 fully saturated rings. The van der Waals surface area contributed by atoms with Crippen LogP contribution in [-0.2, 0) is 19.5 Å². The molecule has 0 spiro atoms. The summed E-state index contributed by atoms with van der Waals surface area (Å²) >= 11 is 0. The highest BCUT2D eigenvalue weighted by molar-refractivity contribution is 5.92. The molecule has 0 unspecified atom stereocenters. The van der Waals surface area contributed by atoms with Crippen molar-refractivity contribution < 1.29 is 4.79 Å². The van der Waals surface area contributed by atoms with Crippen LogP contribution in [0.5, 0.6) is 0 Å². The van der Waals surface area contributed by atoms with Crippen molar-refractivity contribution in [2.45, 2.75) is 32.9 Å². The highest BCUT2D eigenvalue weighted by Crippen LogP contribution is 2.10. The van der Waals surface area contributed by atoms with E-state index in [9.17, 15) is 9.59 Å². The third-order valence-electron chi connectivity index (χ3n) is 4.54. The zero-order chi connectivity index (χ0) is 19.8. The van der Waals surface area contributed by atoms with E-state index in [0.717, 1.165) is 18.4 Å². The van der Waals surface area contributed by atoms with E-state index in [1.54, 1.807) is 4.90 Å². The zero-order valence-electron chi connectivity index (χ0n) is 16.1. The van der Waals surface area contributed by atoms with Crippen molar-refractivity contribution in [2.24, 2.45) is 0 Å².